The lowest BCUT2D eigenvalue weighted by Crippen LogP contribution is -2.35. The van der Waals surface area contributed by atoms with Gasteiger partial charge in [0.2, 0.25) is 17.7 Å². The van der Waals surface area contributed by atoms with Crippen molar-refractivity contribution >= 4 is 74.4 Å². The first-order valence-electron chi connectivity index (χ1n) is 14.5. The summed E-state index contributed by atoms with van der Waals surface area (Å²) in [5.41, 5.74) is -0.808. The number of alkyl halides is 3. The summed E-state index contributed by atoms with van der Waals surface area (Å²) < 4.78 is 86.2. The molecule has 0 spiro atoms. The van der Waals surface area contributed by atoms with E-state index in [9.17, 15) is 36.0 Å². The number of aromatic nitrogens is 4. The van der Waals surface area contributed by atoms with E-state index in [-0.39, 0.29) is 55.0 Å². The molecule has 54 heavy (non-hydrogen) atoms. The van der Waals surface area contributed by atoms with E-state index in [1.54, 1.807) is 18.2 Å². The molecule has 0 aliphatic carbocycles. The molecule has 0 fully saturated rings. The predicted molar refractivity (Wildman–Crippen MR) is 185 cm³/mol. The number of hydrogen-bond donors (Lipinski definition) is 3. The highest BCUT2D eigenvalue weighted by molar-refractivity contribution is 7.90. The zero-order valence-corrected chi connectivity index (χ0v) is 30.6. The Morgan fingerprint density at radius 3 is 2.17 bits per heavy atom. The summed E-state index contributed by atoms with van der Waals surface area (Å²) in [6, 6.07) is 11.5. The molecule has 3 heterocycles. The Morgan fingerprint density at radius 2 is 1.57 bits per heavy atom. The van der Waals surface area contributed by atoms with Gasteiger partial charge in [0.15, 0.2) is 16.3 Å². The van der Waals surface area contributed by atoms with E-state index in [0.717, 1.165) is 25.1 Å². The minimum atomic E-state index is -4.56. The summed E-state index contributed by atoms with van der Waals surface area (Å²) >= 11 is 17.7. The van der Waals surface area contributed by atoms with E-state index >= 15 is 0 Å². The summed E-state index contributed by atoms with van der Waals surface area (Å²) in [7, 11) is -1.61. The molecule has 23 heteroatoms. The summed E-state index contributed by atoms with van der Waals surface area (Å²) in [5.74, 6) is -2.37. The van der Waals surface area contributed by atoms with Crippen LogP contribution < -0.4 is 24.2 Å². The number of anilines is 1. The number of carbonyl (C=O) groups excluding carboxylic acids is 2. The van der Waals surface area contributed by atoms with Crippen LogP contribution in [-0.4, -0.2) is 71.2 Å². The first-order chi connectivity index (χ1) is 25.3. The minimum absolute atomic E-state index is 0.0246. The number of urea groups is 1. The number of hydrogen-bond acceptors (Lipinski definition) is 12. The molecule has 0 bridgehead atoms. The van der Waals surface area contributed by atoms with Crippen molar-refractivity contribution in [3.8, 4) is 23.3 Å². The van der Waals surface area contributed by atoms with Crippen molar-refractivity contribution < 1.29 is 60.0 Å². The van der Waals surface area contributed by atoms with Gasteiger partial charge in [-0.25, -0.2) is 24.1 Å². The highest BCUT2D eigenvalue weighted by Crippen LogP contribution is 2.37. The van der Waals surface area contributed by atoms with Crippen molar-refractivity contribution in [2.24, 2.45) is 0 Å². The summed E-state index contributed by atoms with van der Waals surface area (Å²) in [6.45, 7) is 1.16. The van der Waals surface area contributed by atoms with E-state index in [0.29, 0.717) is 11.7 Å². The van der Waals surface area contributed by atoms with Crippen LogP contribution in [0.1, 0.15) is 22.8 Å². The second-order valence-corrected chi connectivity index (χ2v) is 13.0. The van der Waals surface area contributed by atoms with Gasteiger partial charge >= 0.3 is 24.1 Å². The molecule has 3 aromatic heterocycles. The lowest BCUT2D eigenvalue weighted by molar-refractivity contribution is -0.146. The third kappa shape index (κ3) is 10.3. The van der Waals surface area contributed by atoms with Gasteiger partial charge in [-0.1, -0.05) is 40.9 Å². The highest BCUT2D eigenvalue weighted by atomic mass is 35.5. The Labute approximate surface area is 317 Å². The number of methoxy groups -OCH3 is 2. The molecule has 2 amide bonds. The number of fused-ring (bicyclic) bond motifs is 1. The second-order valence-electron chi connectivity index (χ2n) is 10.2. The first kappa shape index (κ1) is 41.2. The number of halogens is 6. The molecule has 5 aromatic rings. The average Bonchev–Trinajstić information content (AvgIpc) is 3.45. The number of nitrogens with one attached hydrogen (secondary N) is 2. The number of carboxylic acids is 1. The Bertz CT molecular complexity index is 2310. The van der Waals surface area contributed by atoms with Crippen LogP contribution in [0.3, 0.4) is 0 Å². The maximum atomic E-state index is 12.7. The Balaban J connectivity index is 0.000000241. The van der Waals surface area contributed by atoms with Crippen molar-refractivity contribution in [2.75, 3.05) is 19.5 Å². The van der Waals surface area contributed by atoms with Gasteiger partial charge in [0.25, 0.3) is 10.0 Å². The molecule has 1 atom stereocenters. The maximum absolute atomic E-state index is 12.7. The van der Waals surface area contributed by atoms with Gasteiger partial charge < -0.3 is 24.1 Å². The second kappa shape index (κ2) is 17.1. The molecule has 0 aliphatic heterocycles. The summed E-state index contributed by atoms with van der Waals surface area (Å²) in [5, 5.41) is 10.0. The SMILES string of the molecule is COc1cc(OC)nc(NC(=O)NS(=O)(=O)c2c(Cl)nc3ccccn23)n1.C[C@H](OC(=O)c1cc(Oc2ccc(C(F)(F)F)cc2Cl)ccc1Cl)C(=O)O. The molecule has 0 radical (unpaired) electrons. The number of esters is 1. The number of ether oxygens (including phenoxy) is 4. The molecule has 286 valence electrons. The predicted octanol–water partition coefficient (Wildman–Crippen LogP) is 6.74. The molecule has 0 unspecified atom stereocenters. The monoisotopic (exact) mass is 834 g/mol. The van der Waals surface area contributed by atoms with Gasteiger partial charge in [0, 0.05) is 6.20 Å². The lowest BCUT2D eigenvalue weighted by Gasteiger charge is -2.13. The van der Waals surface area contributed by atoms with Crippen LogP contribution in [0.4, 0.5) is 23.9 Å². The molecule has 16 nitrogen and oxygen atoms in total. The smallest absolute Gasteiger partial charge is 0.416 e. The van der Waals surface area contributed by atoms with Crippen molar-refractivity contribution in [1.29, 1.82) is 0 Å². The normalized spacial score (nSPS) is 11.8. The number of rotatable bonds is 10. The number of benzene rings is 2. The zero-order chi connectivity index (χ0) is 40.0. The fourth-order valence-electron chi connectivity index (χ4n) is 4.04. The molecule has 2 aromatic carbocycles. The van der Waals surface area contributed by atoms with Crippen molar-refractivity contribution in [3.05, 3.63) is 93.2 Å². The Morgan fingerprint density at radius 1 is 0.907 bits per heavy atom. The van der Waals surface area contributed by atoms with Gasteiger partial charge in [-0.15, -0.1) is 0 Å². The van der Waals surface area contributed by atoms with Gasteiger partial charge in [-0.05, 0) is 55.5 Å². The zero-order valence-electron chi connectivity index (χ0n) is 27.5. The number of pyridine rings is 1. The third-order valence-electron chi connectivity index (χ3n) is 6.53. The van der Waals surface area contributed by atoms with Crippen LogP contribution in [0, 0.1) is 0 Å². The summed E-state index contributed by atoms with van der Waals surface area (Å²) in [6.07, 6.45) is -4.50. The van der Waals surface area contributed by atoms with Gasteiger partial charge in [0.1, 0.15) is 17.1 Å². The molecule has 0 saturated heterocycles. The molecule has 0 saturated carbocycles. The van der Waals surface area contributed by atoms with Gasteiger partial charge in [-0.3, -0.25) is 9.72 Å². The number of sulfonamides is 1. The number of carbonyl (C=O) groups is 3. The molecule has 5 rings (SSSR count). The summed E-state index contributed by atoms with van der Waals surface area (Å²) in [4.78, 5) is 46.6. The molecule has 3 N–H and O–H groups in total. The Kier molecular flexibility index (Phi) is 13.0. The Hall–Kier alpha value is -5.57. The number of imidazole rings is 1. The van der Waals surface area contributed by atoms with Crippen LogP contribution in [0.15, 0.2) is 71.9 Å². The van der Waals surface area contributed by atoms with Crippen LogP contribution in [0.5, 0.6) is 23.3 Å². The maximum Gasteiger partial charge on any atom is 0.416 e. The van der Waals surface area contributed by atoms with E-state index < -0.39 is 45.8 Å². The van der Waals surface area contributed by atoms with E-state index in [1.807, 2.05) is 4.72 Å². The van der Waals surface area contributed by atoms with E-state index in [2.05, 4.69) is 20.3 Å². The van der Waals surface area contributed by atoms with Crippen molar-refractivity contribution in [1.82, 2.24) is 24.1 Å². The number of carboxylic acid groups (broad SMARTS) is 1. The number of aliphatic carboxylic acids is 1. The standard InChI is InChI=1S/C17H11Cl2F3O5.C14H13ClN6O5S/c1-8(15(23)24)26-16(25)11-7-10(3-4-12(11)18)27-14-5-2-9(6-13(14)19)17(20,21)22;1-25-9-7-10(26-2)18-13(17-9)19-14(22)20-27(23,24)12-11(15)16-8-5-3-4-6-21(8)12/h2-8H,1H3,(H,23,24);3-7H,1-2H3,(H2,17,18,19,20,22)/t8-;/m0./s1. The van der Waals surface area contributed by atoms with Crippen LogP contribution in [0.2, 0.25) is 15.2 Å². The quantitative estimate of drug-likeness (QED) is 0.125. The minimum Gasteiger partial charge on any atom is -0.481 e. The topological polar surface area (TPSA) is 210 Å². The fourth-order valence-corrected chi connectivity index (χ4v) is 6.01. The average molecular weight is 836 g/mol. The van der Waals surface area contributed by atoms with Crippen molar-refractivity contribution in [3.63, 3.8) is 0 Å². The van der Waals surface area contributed by atoms with E-state index in [1.165, 1.54) is 43.0 Å². The van der Waals surface area contributed by atoms with E-state index in [4.69, 9.17) is 58.9 Å². The van der Waals surface area contributed by atoms with Crippen LogP contribution in [0.25, 0.3) is 5.65 Å². The number of amides is 2. The first-order valence-corrected chi connectivity index (χ1v) is 17.2. The molecular weight excluding hydrogens is 812 g/mol. The molecule has 0 aliphatic rings. The lowest BCUT2D eigenvalue weighted by atomic mass is 10.2. The third-order valence-corrected chi connectivity index (χ3v) is 8.88. The molecular formula is C31H24Cl3F3N6O10S. The highest BCUT2D eigenvalue weighted by Gasteiger charge is 2.31. The number of nitrogens with zero attached hydrogens (tertiary/aromatic N) is 4. The van der Waals surface area contributed by atoms with Crippen LogP contribution in [-0.2, 0) is 25.7 Å². The van der Waals surface area contributed by atoms with Gasteiger partial charge in [0.05, 0.1) is 41.5 Å². The largest absolute Gasteiger partial charge is 0.481 e. The van der Waals surface area contributed by atoms with Crippen molar-refractivity contribution in [2.45, 2.75) is 24.2 Å². The fraction of sp³-hybridized carbons (Fsp3) is 0.161. The van der Waals surface area contributed by atoms with Crippen LogP contribution >= 0.6 is 34.8 Å². The van der Waals surface area contributed by atoms with Gasteiger partial charge in [-0.2, -0.15) is 31.6 Å².